The molecule has 3 nitrogen and oxygen atoms in total. The Kier molecular flexibility index (Phi) is 3.23. The van der Waals surface area contributed by atoms with E-state index in [4.69, 9.17) is 16.9 Å². The van der Waals surface area contributed by atoms with Crippen LogP contribution in [0.25, 0.3) is 11.3 Å². The van der Waals surface area contributed by atoms with Crippen LogP contribution in [-0.2, 0) is 12.4 Å². The lowest BCUT2D eigenvalue weighted by Gasteiger charge is -1.97. The van der Waals surface area contributed by atoms with E-state index in [9.17, 15) is 0 Å². The van der Waals surface area contributed by atoms with E-state index in [0.717, 1.165) is 16.8 Å². The Labute approximate surface area is 98.9 Å². The lowest BCUT2D eigenvalue weighted by atomic mass is 10.1. The lowest BCUT2D eigenvalue weighted by Crippen LogP contribution is -1.95. The van der Waals surface area contributed by atoms with E-state index in [1.54, 1.807) is 4.68 Å². The predicted octanol–water partition coefficient (Wildman–Crippen LogP) is 2.81. The zero-order valence-corrected chi connectivity index (χ0v) is 9.35. The standard InChI is InChI=1S/C12H10ClN3/c13-8-11-9-16(7-6-14)15-12(11)10-4-2-1-3-5-10/h1-5,9H,7-8H2. The Bertz CT molecular complexity index is 511. The van der Waals surface area contributed by atoms with Gasteiger partial charge in [0.1, 0.15) is 6.54 Å². The second-order valence-electron chi connectivity index (χ2n) is 3.36. The van der Waals surface area contributed by atoms with Crippen molar-refractivity contribution in [2.45, 2.75) is 12.4 Å². The molecule has 0 N–H and O–H groups in total. The van der Waals surface area contributed by atoms with E-state index in [-0.39, 0.29) is 6.54 Å². The first-order chi connectivity index (χ1) is 7.85. The summed E-state index contributed by atoms with van der Waals surface area (Å²) in [6.45, 7) is 0.247. The van der Waals surface area contributed by atoms with Gasteiger partial charge in [-0.25, -0.2) is 0 Å². The van der Waals surface area contributed by atoms with E-state index in [1.165, 1.54) is 0 Å². The minimum Gasteiger partial charge on any atom is -0.258 e. The molecule has 1 heterocycles. The van der Waals surface area contributed by atoms with Crippen LogP contribution in [0.3, 0.4) is 0 Å². The highest BCUT2D eigenvalue weighted by Gasteiger charge is 2.09. The Morgan fingerprint density at radius 3 is 2.69 bits per heavy atom. The van der Waals surface area contributed by atoms with Gasteiger partial charge >= 0.3 is 0 Å². The largest absolute Gasteiger partial charge is 0.258 e. The van der Waals surface area contributed by atoms with E-state index < -0.39 is 0 Å². The normalized spacial score (nSPS) is 10.0. The van der Waals surface area contributed by atoms with Gasteiger partial charge in [-0.3, -0.25) is 4.68 Å². The van der Waals surface area contributed by atoms with Crippen LogP contribution in [0, 0.1) is 11.3 Å². The third kappa shape index (κ3) is 2.07. The molecule has 0 saturated carbocycles. The van der Waals surface area contributed by atoms with Gasteiger partial charge in [0.2, 0.25) is 0 Å². The van der Waals surface area contributed by atoms with Gasteiger partial charge in [-0.15, -0.1) is 11.6 Å². The molecule has 1 aromatic heterocycles. The van der Waals surface area contributed by atoms with E-state index in [1.807, 2.05) is 36.5 Å². The number of hydrogen-bond donors (Lipinski definition) is 0. The van der Waals surface area contributed by atoms with E-state index in [2.05, 4.69) is 11.2 Å². The summed E-state index contributed by atoms with van der Waals surface area (Å²) in [4.78, 5) is 0. The van der Waals surface area contributed by atoms with Gasteiger partial charge < -0.3 is 0 Å². The molecule has 1 aromatic carbocycles. The van der Waals surface area contributed by atoms with Gasteiger partial charge in [0, 0.05) is 17.3 Å². The first-order valence-electron chi connectivity index (χ1n) is 4.90. The maximum atomic E-state index is 8.62. The molecule has 0 fully saturated rings. The monoisotopic (exact) mass is 231 g/mol. The number of alkyl halides is 1. The molecule has 4 heteroatoms. The molecule has 80 valence electrons. The Morgan fingerprint density at radius 2 is 2.06 bits per heavy atom. The highest BCUT2D eigenvalue weighted by Crippen LogP contribution is 2.22. The van der Waals surface area contributed by atoms with Crippen molar-refractivity contribution < 1.29 is 0 Å². The van der Waals surface area contributed by atoms with Gasteiger partial charge in [-0.05, 0) is 0 Å². The van der Waals surface area contributed by atoms with Crippen LogP contribution in [0.1, 0.15) is 5.56 Å². The quantitative estimate of drug-likeness (QED) is 0.763. The van der Waals surface area contributed by atoms with Crippen molar-refractivity contribution in [1.29, 1.82) is 5.26 Å². The molecule has 0 bridgehead atoms. The fourth-order valence-corrected chi connectivity index (χ4v) is 1.75. The summed E-state index contributed by atoms with van der Waals surface area (Å²) < 4.78 is 1.61. The van der Waals surface area contributed by atoms with E-state index >= 15 is 0 Å². The summed E-state index contributed by atoms with van der Waals surface area (Å²) in [5.41, 5.74) is 2.82. The van der Waals surface area contributed by atoms with Crippen molar-refractivity contribution in [3.05, 3.63) is 42.1 Å². The van der Waals surface area contributed by atoms with Crippen molar-refractivity contribution in [1.82, 2.24) is 9.78 Å². The molecule has 2 aromatic rings. The number of halogens is 1. The van der Waals surface area contributed by atoms with Crippen LogP contribution >= 0.6 is 11.6 Å². The number of nitrogens with zero attached hydrogens (tertiary/aromatic N) is 3. The fraction of sp³-hybridized carbons (Fsp3) is 0.167. The van der Waals surface area contributed by atoms with Crippen molar-refractivity contribution in [2.24, 2.45) is 0 Å². The zero-order valence-electron chi connectivity index (χ0n) is 8.60. The molecule has 0 saturated heterocycles. The summed E-state index contributed by atoms with van der Waals surface area (Å²) >= 11 is 5.86. The smallest absolute Gasteiger partial charge is 0.128 e. The molecule has 0 amide bonds. The second-order valence-corrected chi connectivity index (χ2v) is 3.63. The topological polar surface area (TPSA) is 41.6 Å². The molecule has 2 rings (SSSR count). The molecular weight excluding hydrogens is 222 g/mol. The Balaban J connectivity index is 2.44. The van der Waals surface area contributed by atoms with Crippen LogP contribution < -0.4 is 0 Å². The summed E-state index contributed by atoms with van der Waals surface area (Å²) in [5, 5.41) is 13.0. The summed E-state index contributed by atoms with van der Waals surface area (Å²) in [6.07, 6.45) is 1.82. The molecule has 0 aliphatic heterocycles. The van der Waals surface area contributed by atoms with Crippen molar-refractivity contribution in [3.63, 3.8) is 0 Å². The summed E-state index contributed by atoms with van der Waals surface area (Å²) in [5.74, 6) is 0.398. The molecule has 0 atom stereocenters. The summed E-state index contributed by atoms with van der Waals surface area (Å²) in [7, 11) is 0. The van der Waals surface area contributed by atoms with Gasteiger partial charge in [0.05, 0.1) is 17.6 Å². The molecule has 0 aliphatic rings. The Morgan fingerprint density at radius 1 is 1.31 bits per heavy atom. The first kappa shape index (κ1) is 10.7. The molecular formula is C12H10ClN3. The number of rotatable bonds is 3. The second kappa shape index (κ2) is 4.82. The molecule has 0 aliphatic carbocycles. The first-order valence-corrected chi connectivity index (χ1v) is 5.43. The predicted molar refractivity (Wildman–Crippen MR) is 62.8 cm³/mol. The van der Waals surface area contributed by atoms with Gasteiger partial charge in [0.15, 0.2) is 0 Å². The van der Waals surface area contributed by atoms with Crippen LogP contribution in [0.4, 0.5) is 0 Å². The SMILES string of the molecule is N#CCn1cc(CCl)c(-c2ccccc2)n1. The van der Waals surface area contributed by atoms with Crippen LogP contribution in [0.5, 0.6) is 0 Å². The fourth-order valence-electron chi connectivity index (χ4n) is 1.55. The highest BCUT2D eigenvalue weighted by molar-refractivity contribution is 6.17. The van der Waals surface area contributed by atoms with Crippen molar-refractivity contribution >= 4 is 11.6 Å². The van der Waals surface area contributed by atoms with Crippen molar-refractivity contribution in [3.8, 4) is 17.3 Å². The maximum absolute atomic E-state index is 8.62. The number of hydrogen-bond acceptors (Lipinski definition) is 2. The average Bonchev–Trinajstić information content (AvgIpc) is 2.74. The van der Waals surface area contributed by atoms with Crippen molar-refractivity contribution in [2.75, 3.05) is 0 Å². The maximum Gasteiger partial charge on any atom is 0.128 e. The highest BCUT2D eigenvalue weighted by atomic mass is 35.5. The van der Waals surface area contributed by atoms with Crippen LogP contribution in [0.2, 0.25) is 0 Å². The van der Waals surface area contributed by atoms with Gasteiger partial charge in [-0.2, -0.15) is 10.4 Å². The van der Waals surface area contributed by atoms with Crippen LogP contribution in [-0.4, -0.2) is 9.78 Å². The minimum absolute atomic E-state index is 0.247. The minimum atomic E-state index is 0.247. The van der Waals surface area contributed by atoms with Gasteiger partial charge in [-0.1, -0.05) is 30.3 Å². The summed E-state index contributed by atoms with van der Waals surface area (Å²) in [6, 6.07) is 11.9. The van der Waals surface area contributed by atoms with E-state index in [0.29, 0.717) is 5.88 Å². The van der Waals surface area contributed by atoms with Gasteiger partial charge in [0.25, 0.3) is 0 Å². The number of aromatic nitrogens is 2. The molecule has 0 unspecified atom stereocenters. The third-order valence-electron chi connectivity index (χ3n) is 2.26. The number of benzene rings is 1. The van der Waals surface area contributed by atoms with Crippen LogP contribution in [0.15, 0.2) is 36.5 Å². The zero-order chi connectivity index (χ0) is 11.4. The molecule has 0 spiro atoms. The Hall–Kier alpha value is -1.79. The molecule has 16 heavy (non-hydrogen) atoms. The third-order valence-corrected chi connectivity index (χ3v) is 2.55. The number of nitriles is 1. The molecule has 0 radical (unpaired) electrons. The lowest BCUT2D eigenvalue weighted by molar-refractivity contribution is 0.712. The average molecular weight is 232 g/mol.